The highest BCUT2D eigenvalue weighted by Crippen LogP contribution is 2.15. The minimum atomic E-state index is -0.521. The second kappa shape index (κ2) is 4.70. The van der Waals surface area contributed by atoms with E-state index < -0.39 is 5.41 Å². The molecule has 0 aliphatic rings. The summed E-state index contributed by atoms with van der Waals surface area (Å²) < 4.78 is 5.41. The highest BCUT2D eigenvalue weighted by Gasteiger charge is 2.24. The molecule has 0 fully saturated rings. The van der Waals surface area contributed by atoms with Crippen molar-refractivity contribution < 1.29 is 9.21 Å². The molecule has 0 aliphatic carbocycles. The summed E-state index contributed by atoms with van der Waals surface area (Å²) in [5.41, 5.74) is 5.89. The van der Waals surface area contributed by atoms with Crippen LogP contribution in [0.2, 0.25) is 0 Å². The van der Waals surface area contributed by atoms with Crippen LogP contribution in [0.4, 0.5) is 0 Å². The molecule has 16 heavy (non-hydrogen) atoms. The van der Waals surface area contributed by atoms with E-state index in [-0.39, 0.29) is 5.91 Å². The molecule has 1 amide bonds. The first-order valence-electron chi connectivity index (χ1n) is 5.39. The zero-order valence-electron chi connectivity index (χ0n) is 10.4. The summed E-state index contributed by atoms with van der Waals surface area (Å²) in [6.45, 7) is 8.77. The molecule has 0 saturated heterocycles. The van der Waals surface area contributed by atoms with E-state index in [0.29, 0.717) is 13.1 Å². The Kier molecular flexibility index (Phi) is 3.75. The Balaban J connectivity index is 2.48. The maximum atomic E-state index is 11.1. The standard InChI is InChI=1S/C12H20N2O2/c1-8-5-10(9(2)16-8)6-14-7-12(3,4)11(13)15/h5,14H,6-7H2,1-4H3,(H2,13,15). The van der Waals surface area contributed by atoms with Gasteiger partial charge in [-0.1, -0.05) is 0 Å². The van der Waals surface area contributed by atoms with Gasteiger partial charge in [0.2, 0.25) is 5.91 Å². The van der Waals surface area contributed by atoms with Gasteiger partial charge in [-0.25, -0.2) is 0 Å². The van der Waals surface area contributed by atoms with Crippen LogP contribution in [-0.4, -0.2) is 12.5 Å². The van der Waals surface area contributed by atoms with Crippen LogP contribution in [0, 0.1) is 19.3 Å². The number of hydrogen-bond donors (Lipinski definition) is 2. The molecule has 1 aromatic heterocycles. The topological polar surface area (TPSA) is 68.3 Å². The van der Waals surface area contributed by atoms with Crippen molar-refractivity contribution in [2.75, 3.05) is 6.54 Å². The predicted molar refractivity (Wildman–Crippen MR) is 62.9 cm³/mol. The van der Waals surface area contributed by atoms with Crippen LogP contribution in [-0.2, 0) is 11.3 Å². The van der Waals surface area contributed by atoms with Crippen molar-refractivity contribution in [3.05, 3.63) is 23.2 Å². The lowest BCUT2D eigenvalue weighted by atomic mass is 9.93. The van der Waals surface area contributed by atoms with Gasteiger partial charge in [-0.15, -0.1) is 0 Å². The van der Waals surface area contributed by atoms with E-state index in [4.69, 9.17) is 10.2 Å². The van der Waals surface area contributed by atoms with Gasteiger partial charge in [0, 0.05) is 18.7 Å². The number of nitrogens with two attached hydrogens (primary N) is 1. The molecule has 0 spiro atoms. The number of carbonyl (C=O) groups excluding carboxylic acids is 1. The van der Waals surface area contributed by atoms with Crippen LogP contribution in [0.5, 0.6) is 0 Å². The minimum Gasteiger partial charge on any atom is -0.466 e. The average Bonchev–Trinajstić information content (AvgIpc) is 2.44. The third-order valence-corrected chi connectivity index (χ3v) is 2.69. The van der Waals surface area contributed by atoms with E-state index in [1.165, 1.54) is 0 Å². The largest absolute Gasteiger partial charge is 0.466 e. The molecule has 3 N–H and O–H groups in total. The van der Waals surface area contributed by atoms with E-state index in [1.807, 2.05) is 33.8 Å². The number of rotatable bonds is 5. The number of furan rings is 1. The average molecular weight is 224 g/mol. The molecule has 0 aliphatic heterocycles. The van der Waals surface area contributed by atoms with Gasteiger partial charge in [0.25, 0.3) is 0 Å². The zero-order chi connectivity index (χ0) is 12.3. The molecule has 1 rings (SSSR count). The summed E-state index contributed by atoms with van der Waals surface area (Å²) >= 11 is 0. The number of amides is 1. The first kappa shape index (κ1) is 12.8. The van der Waals surface area contributed by atoms with Gasteiger partial charge < -0.3 is 15.5 Å². The van der Waals surface area contributed by atoms with E-state index in [0.717, 1.165) is 17.1 Å². The number of primary amides is 1. The Labute approximate surface area is 96.2 Å². The maximum Gasteiger partial charge on any atom is 0.224 e. The summed E-state index contributed by atoms with van der Waals surface area (Å²) in [5, 5.41) is 3.22. The fraction of sp³-hybridized carbons (Fsp3) is 0.583. The van der Waals surface area contributed by atoms with E-state index in [9.17, 15) is 4.79 Å². The predicted octanol–water partition coefficient (Wildman–Crippen LogP) is 1.50. The molecule has 4 nitrogen and oxygen atoms in total. The summed E-state index contributed by atoms with van der Waals surface area (Å²) in [5.74, 6) is 1.53. The molecule has 0 unspecified atom stereocenters. The third-order valence-electron chi connectivity index (χ3n) is 2.69. The van der Waals surface area contributed by atoms with E-state index in [2.05, 4.69) is 5.32 Å². The fourth-order valence-electron chi connectivity index (χ4n) is 1.46. The molecule has 0 bridgehead atoms. The van der Waals surface area contributed by atoms with Crippen molar-refractivity contribution in [2.45, 2.75) is 34.2 Å². The van der Waals surface area contributed by atoms with Crippen molar-refractivity contribution >= 4 is 5.91 Å². The van der Waals surface area contributed by atoms with Crippen molar-refractivity contribution in [1.29, 1.82) is 0 Å². The Hall–Kier alpha value is -1.29. The second-order valence-electron chi connectivity index (χ2n) is 4.79. The van der Waals surface area contributed by atoms with Gasteiger partial charge in [-0.2, -0.15) is 0 Å². The lowest BCUT2D eigenvalue weighted by Gasteiger charge is -2.20. The van der Waals surface area contributed by atoms with Crippen molar-refractivity contribution in [3.8, 4) is 0 Å². The first-order chi connectivity index (χ1) is 7.33. The third kappa shape index (κ3) is 3.10. The molecule has 90 valence electrons. The Bertz CT molecular complexity index is 380. The summed E-state index contributed by atoms with van der Waals surface area (Å²) in [4.78, 5) is 11.1. The van der Waals surface area contributed by atoms with E-state index in [1.54, 1.807) is 0 Å². The summed E-state index contributed by atoms with van der Waals surface area (Å²) in [6, 6.07) is 2.00. The SMILES string of the molecule is Cc1cc(CNCC(C)(C)C(N)=O)c(C)o1. The first-order valence-corrected chi connectivity index (χ1v) is 5.39. The molecule has 0 atom stereocenters. The summed E-state index contributed by atoms with van der Waals surface area (Å²) in [7, 11) is 0. The molecular weight excluding hydrogens is 204 g/mol. The van der Waals surface area contributed by atoms with Crippen molar-refractivity contribution in [3.63, 3.8) is 0 Å². The number of hydrogen-bond acceptors (Lipinski definition) is 3. The summed E-state index contributed by atoms with van der Waals surface area (Å²) in [6.07, 6.45) is 0. The van der Waals surface area contributed by atoms with Crippen molar-refractivity contribution in [1.82, 2.24) is 5.32 Å². The lowest BCUT2D eigenvalue weighted by molar-refractivity contribution is -0.125. The lowest BCUT2D eigenvalue weighted by Crippen LogP contribution is -2.40. The van der Waals surface area contributed by atoms with Gasteiger partial charge in [0.1, 0.15) is 11.5 Å². The van der Waals surface area contributed by atoms with Gasteiger partial charge in [-0.05, 0) is 33.8 Å². The van der Waals surface area contributed by atoms with E-state index >= 15 is 0 Å². The molecule has 0 saturated carbocycles. The quantitative estimate of drug-likeness (QED) is 0.796. The molecule has 0 radical (unpaired) electrons. The Morgan fingerprint density at radius 2 is 2.12 bits per heavy atom. The number of nitrogens with one attached hydrogen (secondary N) is 1. The van der Waals surface area contributed by atoms with Crippen LogP contribution in [0.15, 0.2) is 10.5 Å². The molecule has 1 aromatic rings. The molecule has 0 aromatic carbocycles. The second-order valence-corrected chi connectivity index (χ2v) is 4.79. The Morgan fingerprint density at radius 3 is 2.56 bits per heavy atom. The van der Waals surface area contributed by atoms with Gasteiger partial charge in [0.05, 0.1) is 5.41 Å². The van der Waals surface area contributed by atoms with Crippen LogP contribution < -0.4 is 11.1 Å². The van der Waals surface area contributed by atoms with Gasteiger partial charge >= 0.3 is 0 Å². The monoisotopic (exact) mass is 224 g/mol. The normalized spacial score (nSPS) is 11.8. The highest BCUT2D eigenvalue weighted by molar-refractivity contribution is 5.80. The fourth-order valence-corrected chi connectivity index (χ4v) is 1.46. The van der Waals surface area contributed by atoms with Crippen LogP contribution in [0.25, 0.3) is 0 Å². The maximum absolute atomic E-state index is 11.1. The Morgan fingerprint density at radius 1 is 1.50 bits per heavy atom. The molecule has 4 heteroatoms. The van der Waals surface area contributed by atoms with Crippen LogP contribution >= 0.6 is 0 Å². The smallest absolute Gasteiger partial charge is 0.224 e. The van der Waals surface area contributed by atoms with Crippen molar-refractivity contribution in [2.24, 2.45) is 11.1 Å². The molecular formula is C12H20N2O2. The molecule has 1 heterocycles. The van der Waals surface area contributed by atoms with Gasteiger partial charge in [0.15, 0.2) is 0 Å². The van der Waals surface area contributed by atoms with Gasteiger partial charge in [-0.3, -0.25) is 4.79 Å². The number of carbonyl (C=O) groups is 1. The zero-order valence-corrected chi connectivity index (χ0v) is 10.4. The number of aryl methyl sites for hydroxylation is 2. The highest BCUT2D eigenvalue weighted by atomic mass is 16.3. The van der Waals surface area contributed by atoms with Crippen LogP contribution in [0.1, 0.15) is 30.9 Å². The minimum absolute atomic E-state index is 0.292. The van der Waals surface area contributed by atoms with Crippen LogP contribution in [0.3, 0.4) is 0 Å².